The highest BCUT2D eigenvalue weighted by Crippen LogP contribution is 2.14. The summed E-state index contributed by atoms with van der Waals surface area (Å²) in [6.45, 7) is -0.113. The highest BCUT2D eigenvalue weighted by molar-refractivity contribution is 6.00. The molecule has 7 nitrogen and oxygen atoms in total. The number of fused-ring (bicyclic) bond motifs is 1. The molecule has 0 bridgehead atoms. The third-order valence-corrected chi connectivity index (χ3v) is 2.74. The van der Waals surface area contributed by atoms with E-state index in [2.05, 4.69) is 10.3 Å². The molecule has 1 aromatic carbocycles. The Morgan fingerprint density at radius 1 is 1.37 bits per heavy atom. The van der Waals surface area contributed by atoms with E-state index < -0.39 is 17.9 Å². The SMILES string of the molecule is NCC(NC(=O)c1cc2ccccc2[nH]1)C(=O)NO. The van der Waals surface area contributed by atoms with Crippen molar-refractivity contribution in [1.29, 1.82) is 0 Å². The summed E-state index contributed by atoms with van der Waals surface area (Å²) in [5, 5.41) is 11.8. The number of rotatable bonds is 4. The number of nitrogens with one attached hydrogen (secondary N) is 3. The van der Waals surface area contributed by atoms with Crippen LogP contribution in [0.4, 0.5) is 0 Å². The van der Waals surface area contributed by atoms with Gasteiger partial charge in [-0.15, -0.1) is 0 Å². The lowest BCUT2D eigenvalue weighted by molar-refractivity contribution is -0.130. The Hall–Kier alpha value is -2.38. The summed E-state index contributed by atoms with van der Waals surface area (Å²) in [6.07, 6.45) is 0. The number of carbonyl (C=O) groups excluding carboxylic acids is 2. The molecule has 7 heteroatoms. The van der Waals surface area contributed by atoms with Crippen LogP contribution >= 0.6 is 0 Å². The molecule has 1 heterocycles. The van der Waals surface area contributed by atoms with Crippen LogP contribution in [0.2, 0.25) is 0 Å². The lowest BCUT2D eigenvalue weighted by Gasteiger charge is -2.13. The molecule has 1 unspecified atom stereocenters. The van der Waals surface area contributed by atoms with Crippen molar-refractivity contribution in [3.63, 3.8) is 0 Å². The van der Waals surface area contributed by atoms with Crippen LogP contribution in [0.25, 0.3) is 10.9 Å². The van der Waals surface area contributed by atoms with Gasteiger partial charge in [-0.2, -0.15) is 0 Å². The van der Waals surface area contributed by atoms with Crippen molar-refractivity contribution in [3.8, 4) is 0 Å². The number of aromatic nitrogens is 1. The van der Waals surface area contributed by atoms with Crippen LogP contribution in [0.3, 0.4) is 0 Å². The Morgan fingerprint density at radius 2 is 2.11 bits per heavy atom. The summed E-state index contributed by atoms with van der Waals surface area (Å²) in [6, 6.07) is 8.11. The first-order valence-electron chi connectivity index (χ1n) is 5.68. The van der Waals surface area contributed by atoms with Crippen LogP contribution < -0.4 is 16.5 Å². The lowest BCUT2D eigenvalue weighted by atomic mass is 10.2. The Balaban J connectivity index is 2.17. The molecule has 0 radical (unpaired) electrons. The molecule has 1 atom stereocenters. The zero-order valence-electron chi connectivity index (χ0n) is 10.0. The Labute approximate surface area is 108 Å². The van der Waals surface area contributed by atoms with E-state index in [0.29, 0.717) is 5.69 Å². The van der Waals surface area contributed by atoms with Crippen molar-refractivity contribution in [2.24, 2.45) is 5.73 Å². The smallest absolute Gasteiger partial charge is 0.268 e. The average molecular weight is 262 g/mol. The van der Waals surface area contributed by atoms with Gasteiger partial charge < -0.3 is 16.0 Å². The molecule has 0 aliphatic rings. The Kier molecular flexibility index (Phi) is 3.79. The van der Waals surface area contributed by atoms with Gasteiger partial charge in [0, 0.05) is 17.4 Å². The molecule has 6 N–H and O–H groups in total. The summed E-state index contributed by atoms with van der Waals surface area (Å²) >= 11 is 0. The van der Waals surface area contributed by atoms with Crippen molar-refractivity contribution >= 4 is 22.7 Å². The largest absolute Gasteiger partial charge is 0.351 e. The summed E-state index contributed by atoms with van der Waals surface area (Å²) < 4.78 is 0. The predicted molar refractivity (Wildman–Crippen MR) is 68.5 cm³/mol. The summed E-state index contributed by atoms with van der Waals surface area (Å²) in [7, 11) is 0. The number of aromatic amines is 1. The molecule has 0 aliphatic heterocycles. The maximum Gasteiger partial charge on any atom is 0.268 e. The van der Waals surface area contributed by atoms with Gasteiger partial charge in [-0.3, -0.25) is 14.8 Å². The number of carbonyl (C=O) groups is 2. The predicted octanol–water partition coefficient (Wildman–Crippen LogP) is -0.270. The number of hydrogen-bond acceptors (Lipinski definition) is 4. The molecule has 100 valence electrons. The second-order valence-electron chi connectivity index (χ2n) is 4.01. The molecule has 2 amide bonds. The topological polar surface area (TPSA) is 120 Å². The number of H-pyrrole nitrogens is 1. The number of benzene rings is 1. The van der Waals surface area contributed by atoms with Gasteiger partial charge in [-0.05, 0) is 12.1 Å². The number of hydrogen-bond donors (Lipinski definition) is 5. The van der Waals surface area contributed by atoms with E-state index in [1.54, 1.807) is 6.07 Å². The first-order chi connectivity index (χ1) is 9.15. The van der Waals surface area contributed by atoms with E-state index in [1.165, 1.54) is 5.48 Å². The van der Waals surface area contributed by atoms with Crippen LogP contribution in [0.1, 0.15) is 10.5 Å². The van der Waals surface area contributed by atoms with Gasteiger partial charge in [0.05, 0.1) is 0 Å². The molecule has 0 saturated carbocycles. The van der Waals surface area contributed by atoms with Crippen molar-refractivity contribution in [1.82, 2.24) is 15.8 Å². The van der Waals surface area contributed by atoms with E-state index >= 15 is 0 Å². The highest BCUT2D eigenvalue weighted by atomic mass is 16.5. The quantitative estimate of drug-likeness (QED) is 0.385. The van der Waals surface area contributed by atoms with E-state index in [-0.39, 0.29) is 6.54 Å². The Morgan fingerprint density at radius 3 is 2.74 bits per heavy atom. The maximum absolute atomic E-state index is 11.9. The molecule has 2 rings (SSSR count). The molecule has 2 aromatic rings. The molecule has 0 spiro atoms. The van der Waals surface area contributed by atoms with Gasteiger partial charge >= 0.3 is 0 Å². The molecule has 0 fully saturated rings. The van der Waals surface area contributed by atoms with Crippen molar-refractivity contribution < 1.29 is 14.8 Å². The van der Waals surface area contributed by atoms with E-state index in [0.717, 1.165) is 10.9 Å². The van der Waals surface area contributed by atoms with Crippen LogP contribution in [0, 0.1) is 0 Å². The molecule has 19 heavy (non-hydrogen) atoms. The first-order valence-corrected chi connectivity index (χ1v) is 5.68. The Bertz CT molecular complexity index is 575. The standard InChI is InChI=1S/C12H14N4O3/c13-6-10(12(18)16-19)15-11(17)9-5-7-3-1-2-4-8(7)14-9/h1-5,10,14,19H,6,13H2,(H,15,17)(H,16,18). The molecular formula is C12H14N4O3. The monoisotopic (exact) mass is 262 g/mol. The summed E-state index contributed by atoms with van der Waals surface area (Å²) in [5.41, 5.74) is 7.96. The van der Waals surface area contributed by atoms with Gasteiger partial charge in [-0.25, -0.2) is 5.48 Å². The first kappa shape index (κ1) is 13.1. The number of amides is 2. The zero-order valence-corrected chi connectivity index (χ0v) is 10.0. The van der Waals surface area contributed by atoms with Gasteiger partial charge in [0.15, 0.2) is 0 Å². The fraction of sp³-hybridized carbons (Fsp3) is 0.167. The van der Waals surface area contributed by atoms with E-state index in [9.17, 15) is 9.59 Å². The fourth-order valence-corrected chi connectivity index (χ4v) is 1.74. The molecule has 0 aliphatic carbocycles. The van der Waals surface area contributed by atoms with Crippen LogP contribution in [-0.2, 0) is 4.79 Å². The fourth-order valence-electron chi connectivity index (χ4n) is 1.74. The number of para-hydroxylation sites is 1. The van der Waals surface area contributed by atoms with E-state index in [1.807, 2.05) is 24.3 Å². The highest BCUT2D eigenvalue weighted by Gasteiger charge is 2.20. The van der Waals surface area contributed by atoms with Gasteiger partial charge in [0.2, 0.25) is 0 Å². The number of hydroxylamine groups is 1. The van der Waals surface area contributed by atoms with Crippen molar-refractivity contribution in [2.45, 2.75) is 6.04 Å². The van der Waals surface area contributed by atoms with Crippen LogP contribution in [0.15, 0.2) is 30.3 Å². The van der Waals surface area contributed by atoms with Gasteiger partial charge in [0.1, 0.15) is 11.7 Å². The van der Waals surface area contributed by atoms with E-state index in [4.69, 9.17) is 10.9 Å². The lowest BCUT2D eigenvalue weighted by Crippen LogP contribution is -2.50. The summed E-state index contributed by atoms with van der Waals surface area (Å²) in [4.78, 5) is 26.1. The average Bonchev–Trinajstić information content (AvgIpc) is 2.87. The van der Waals surface area contributed by atoms with Crippen LogP contribution in [0.5, 0.6) is 0 Å². The van der Waals surface area contributed by atoms with Crippen molar-refractivity contribution in [2.75, 3.05) is 6.54 Å². The minimum atomic E-state index is -0.982. The second kappa shape index (κ2) is 5.51. The van der Waals surface area contributed by atoms with Crippen molar-refractivity contribution in [3.05, 3.63) is 36.0 Å². The normalized spacial score (nSPS) is 12.1. The molecule has 1 aromatic heterocycles. The maximum atomic E-state index is 11.9. The number of nitrogens with two attached hydrogens (primary N) is 1. The molecule has 0 saturated heterocycles. The third-order valence-electron chi connectivity index (χ3n) is 2.74. The zero-order chi connectivity index (χ0) is 13.8. The third kappa shape index (κ3) is 2.72. The molecular weight excluding hydrogens is 248 g/mol. The minimum absolute atomic E-state index is 0.113. The van der Waals surface area contributed by atoms with Gasteiger partial charge in [-0.1, -0.05) is 18.2 Å². The second-order valence-corrected chi connectivity index (χ2v) is 4.01. The minimum Gasteiger partial charge on any atom is -0.351 e. The summed E-state index contributed by atoms with van der Waals surface area (Å²) in [5.74, 6) is -1.22. The van der Waals surface area contributed by atoms with Crippen LogP contribution in [-0.4, -0.2) is 34.6 Å². The van der Waals surface area contributed by atoms with Gasteiger partial charge in [0.25, 0.3) is 11.8 Å².